The van der Waals surface area contributed by atoms with E-state index in [1.54, 1.807) is 7.11 Å². The lowest BCUT2D eigenvalue weighted by Gasteiger charge is -2.35. The van der Waals surface area contributed by atoms with Gasteiger partial charge in [0.25, 0.3) is 0 Å². The minimum atomic E-state index is -0.223. The van der Waals surface area contributed by atoms with Gasteiger partial charge in [-0.1, -0.05) is 6.07 Å². The van der Waals surface area contributed by atoms with Crippen LogP contribution in [0.2, 0.25) is 0 Å². The second-order valence-electron chi connectivity index (χ2n) is 3.53. The molecule has 0 radical (unpaired) electrons. The topological polar surface area (TPSA) is 31.4 Å². The molecule has 0 spiro atoms. The average Bonchev–Trinajstić information content (AvgIpc) is 2.31. The van der Waals surface area contributed by atoms with Crippen LogP contribution in [0, 0.1) is 0 Å². The van der Waals surface area contributed by atoms with Gasteiger partial charge in [-0.15, -0.1) is 0 Å². The van der Waals surface area contributed by atoms with E-state index in [9.17, 15) is 0 Å². The highest BCUT2D eigenvalue weighted by molar-refractivity contribution is 5.14. The first-order valence-corrected chi connectivity index (χ1v) is 4.92. The van der Waals surface area contributed by atoms with Crippen LogP contribution < -0.4 is 0 Å². The van der Waals surface area contributed by atoms with Crippen molar-refractivity contribution in [3.63, 3.8) is 0 Å². The summed E-state index contributed by atoms with van der Waals surface area (Å²) < 4.78 is 11.0. The Hall–Kier alpha value is -0.930. The highest BCUT2D eigenvalue weighted by atomic mass is 16.5. The van der Waals surface area contributed by atoms with Gasteiger partial charge in [-0.25, -0.2) is 0 Å². The second-order valence-corrected chi connectivity index (χ2v) is 3.53. The van der Waals surface area contributed by atoms with Gasteiger partial charge < -0.3 is 9.47 Å². The smallest absolute Gasteiger partial charge is 0.114 e. The lowest BCUT2D eigenvalue weighted by atomic mass is 9.90. The van der Waals surface area contributed by atoms with Gasteiger partial charge in [-0.3, -0.25) is 4.98 Å². The van der Waals surface area contributed by atoms with Crippen LogP contribution in [-0.4, -0.2) is 25.3 Å². The van der Waals surface area contributed by atoms with Crippen molar-refractivity contribution in [2.75, 3.05) is 20.3 Å². The van der Waals surface area contributed by atoms with Crippen LogP contribution in [0.1, 0.15) is 18.5 Å². The molecule has 0 amide bonds. The molecular formula is C11H15NO2. The number of pyridine rings is 1. The van der Waals surface area contributed by atoms with Gasteiger partial charge in [0.05, 0.1) is 5.69 Å². The first-order valence-electron chi connectivity index (χ1n) is 4.92. The minimum absolute atomic E-state index is 0.223. The molecule has 0 N–H and O–H groups in total. The second kappa shape index (κ2) is 4.07. The van der Waals surface area contributed by atoms with Crippen molar-refractivity contribution in [3.8, 4) is 0 Å². The van der Waals surface area contributed by atoms with E-state index in [2.05, 4.69) is 4.98 Å². The molecule has 3 heteroatoms. The quantitative estimate of drug-likeness (QED) is 0.716. The van der Waals surface area contributed by atoms with Crippen molar-refractivity contribution < 1.29 is 9.47 Å². The molecule has 0 atom stereocenters. The van der Waals surface area contributed by atoms with Gasteiger partial charge in [-0.2, -0.15) is 0 Å². The third kappa shape index (κ3) is 1.65. The SMILES string of the molecule is COC1(c2ccccn2)CCOCC1. The molecule has 1 aromatic heterocycles. The van der Waals surface area contributed by atoms with E-state index < -0.39 is 0 Å². The number of rotatable bonds is 2. The molecule has 3 nitrogen and oxygen atoms in total. The Morgan fingerprint density at radius 3 is 2.71 bits per heavy atom. The number of hydrogen-bond acceptors (Lipinski definition) is 3. The highest BCUT2D eigenvalue weighted by Gasteiger charge is 2.35. The number of aromatic nitrogens is 1. The Morgan fingerprint density at radius 2 is 2.14 bits per heavy atom. The molecule has 2 rings (SSSR count). The van der Waals surface area contributed by atoms with Crippen molar-refractivity contribution in [1.29, 1.82) is 0 Å². The van der Waals surface area contributed by atoms with Crippen LogP contribution in [0.3, 0.4) is 0 Å². The summed E-state index contributed by atoms with van der Waals surface area (Å²) in [7, 11) is 1.75. The minimum Gasteiger partial charge on any atom is -0.381 e. The highest BCUT2D eigenvalue weighted by Crippen LogP contribution is 2.33. The molecular weight excluding hydrogens is 178 g/mol. The zero-order valence-electron chi connectivity index (χ0n) is 8.40. The average molecular weight is 193 g/mol. The number of methoxy groups -OCH3 is 1. The van der Waals surface area contributed by atoms with E-state index in [1.807, 2.05) is 24.4 Å². The summed E-state index contributed by atoms with van der Waals surface area (Å²) in [6.45, 7) is 1.51. The Labute approximate surface area is 84.1 Å². The number of nitrogens with zero attached hydrogens (tertiary/aromatic N) is 1. The first-order chi connectivity index (χ1) is 6.87. The van der Waals surface area contributed by atoms with E-state index in [1.165, 1.54) is 0 Å². The fraction of sp³-hybridized carbons (Fsp3) is 0.545. The van der Waals surface area contributed by atoms with E-state index in [0.29, 0.717) is 0 Å². The van der Waals surface area contributed by atoms with Crippen molar-refractivity contribution in [3.05, 3.63) is 30.1 Å². The predicted octanol–water partition coefficient (Wildman–Crippen LogP) is 1.73. The largest absolute Gasteiger partial charge is 0.381 e. The normalized spacial score (nSPS) is 20.6. The van der Waals surface area contributed by atoms with Crippen LogP contribution in [0.4, 0.5) is 0 Å². The van der Waals surface area contributed by atoms with Gasteiger partial charge >= 0.3 is 0 Å². The van der Waals surface area contributed by atoms with E-state index in [0.717, 1.165) is 31.7 Å². The Bertz CT molecular complexity index is 281. The van der Waals surface area contributed by atoms with Crippen molar-refractivity contribution >= 4 is 0 Å². The zero-order chi connectivity index (χ0) is 9.86. The Morgan fingerprint density at radius 1 is 1.36 bits per heavy atom. The molecule has 0 saturated carbocycles. The summed E-state index contributed by atoms with van der Waals surface area (Å²) in [5.74, 6) is 0. The maximum absolute atomic E-state index is 5.62. The van der Waals surface area contributed by atoms with Gasteiger partial charge in [0.15, 0.2) is 0 Å². The molecule has 1 aromatic rings. The van der Waals surface area contributed by atoms with Crippen LogP contribution in [0.25, 0.3) is 0 Å². The molecule has 0 aliphatic carbocycles. The van der Waals surface area contributed by atoms with Gasteiger partial charge in [-0.05, 0) is 12.1 Å². The van der Waals surface area contributed by atoms with Crippen LogP contribution in [-0.2, 0) is 15.1 Å². The van der Waals surface area contributed by atoms with Crippen LogP contribution >= 0.6 is 0 Å². The molecule has 1 aliphatic rings. The number of hydrogen-bond donors (Lipinski definition) is 0. The van der Waals surface area contributed by atoms with Gasteiger partial charge in [0, 0.05) is 39.4 Å². The van der Waals surface area contributed by atoms with Crippen molar-refractivity contribution in [2.45, 2.75) is 18.4 Å². The summed E-state index contributed by atoms with van der Waals surface area (Å²) in [4.78, 5) is 4.36. The molecule has 2 heterocycles. The summed E-state index contributed by atoms with van der Waals surface area (Å²) in [5, 5.41) is 0. The molecule has 0 bridgehead atoms. The maximum Gasteiger partial charge on any atom is 0.114 e. The predicted molar refractivity (Wildman–Crippen MR) is 53.0 cm³/mol. The van der Waals surface area contributed by atoms with Gasteiger partial charge in [0.2, 0.25) is 0 Å². The standard InChI is InChI=1S/C11H15NO2/c1-13-11(5-8-14-9-6-11)10-4-2-3-7-12-10/h2-4,7H,5-6,8-9H2,1H3. The van der Waals surface area contributed by atoms with Crippen molar-refractivity contribution in [1.82, 2.24) is 4.98 Å². The fourth-order valence-electron chi connectivity index (χ4n) is 1.90. The summed E-state index contributed by atoms with van der Waals surface area (Å²) >= 11 is 0. The maximum atomic E-state index is 5.62. The third-order valence-corrected chi connectivity index (χ3v) is 2.82. The van der Waals surface area contributed by atoms with Crippen LogP contribution in [0.5, 0.6) is 0 Å². The first kappa shape index (κ1) is 9.62. The monoisotopic (exact) mass is 193 g/mol. The molecule has 1 fully saturated rings. The molecule has 14 heavy (non-hydrogen) atoms. The molecule has 76 valence electrons. The van der Waals surface area contributed by atoms with Gasteiger partial charge in [0.1, 0.15) is 5.60 Å². The molecule has 1 saturated heterocycles. The zero-order valence-corrected chi connectivity index (χ0v) is 8.40. The molecule has 0 unspecified atom stereocenters. The molecule has 0 aromatic carbocycles. The lowest BCUT2D eigenvalue weighted by molar-refractivity contribution is -0.0972. The Kier molecular flexibility index (Phi) is 2.79. The summed E-state index contributed by atoms with van der Waals surface area (Å²) in [5.41, 5.74) is 0.797. The molecule has 1 aliphatic heterocycles. The van der Waals surface area contributed by atoms with Crippen LogP contribution in [0.15, 0.2) is 24.4 Å². The van der Waals surface area contributed by atoms with E-state index >= 15 is 0 Å². The third-order valence-electron chi connectivity index (χ3n) is 2.82. The Balaban J connectivity index is 2.27. The van der Waals surface area contributed by atoms with Crippen molar-refractivity contribution in [2.24, 2.45) is 0 Å². The lowest BCUT2D eigenvalue weighted by Crippen LogP contribution is -2.36. The summed E-state index contributed by atoms with van der Waals surface area (Å²) in [6.07, 6.45) is 3.59. The number of ether oxygens (including phenoxy) is 2. The fourth-order valence-corrected chi connectivity index (χ4v) is 1.90. The van der Waals surface area contributed by atoms with E-state index in [4.69, 9.17) is 9.47 Å². The summed E-state index contributed by atoms with van der Waals surface area (Å²) in [6, 6.07) is 5.94. The van der Waals surface area contributed by atoms with E-state index in [-0.39, 0.29) is 5.60 Å².